The highest BCUT2D eigenvalue weighted by atomic mass is 19.4. The highest BCUT2D eigenvalue weighted by molar-refractivity contribution is 5.26. The summed E-state index contributed by atoms with van der Waals surface area (Å²) in [6.07, 6.45) is 9.17. The molecule has 0 bridgehead atoms. The van der Waals surface area contributed by atoms with Crippen molar-refractivity contribution in [3.05, 3.63) is 35.4 Å². The molecule has 4 heteroatoms. The molecular weight excluding hydrogens is 373 g/mol. The molecular formula is C25H37F3O. The molecule has 0 unspecified atom stereocenters. The molecule has 0 heterocycles. The molecule has 2 fully saturated rings. The largest absolute Gasteiger partial charge is 0.393 e. The van der Waals surface area contributed by atoms with Crippen LogP contribution in [0.15, 0.2) is 24.3 Å². The Bertz CT molecular complexity index is 579. The lowest BCUT2D eigenvalue weighted by Gasteiger charge is -2.38. The zero-order chi connectivity index (χ0) is 20.7. The maximum Gasteiger partial charge on any atom is 0.393 e. The van der Waals surface area contributed by atoms with Gasteiger partial charge in [0.2, 0.25) is 0 Å². The van der Waals surface area contributed by atoms with E-state index in [1.54, 1.807) is 12.1 Å². The molecule has 164 valence electrons. The molecule has 0 aliphatic heterocycles. The van der Waals surface area contributed by atoms with Crippen LogP contribution in [0, 0.1) is 11.8 Å². The Hall–Kier alpha value is -1.03. The van der Waals surface area contributed by atoms with Gasteiger partial charge >= 0.3 is 6.18 Å². The van der Waals surface area contributed by atoms with Crippen LogP contribution in [0.2, 0.25) is 0 Å². The average Bonchev–Trinajstić information content (AvgIpc) is 2.71. The van der Waals surface area contributed by atoms with Crippen molar-refractivity contribution in [1.29, 1.82) is 0 Å². The lowest BCUT2D eigenvalue weighted by Crippen LogP contribution is -2.28. The van der Waals surface area contributed by atoms with E-state index in [9.17, 15) is 13.2 Å². The Morgan fingerprint density at radius 3 is 1.97 bits per heavy atom. The van der Waals surface area contributed by atoms with Crippen molar-refractivity contribution >= 4 is 0 Å². The van der Waals surface area contributed by atoms with E-state index in [4.69, 9.17) is 4.74 Å². The van der Waals surface area contributed by atoms with Crippen LogP contribution < -0.4 is 0 Å². The number of unbranched alkanes of at least 4 members (excludes halogenated alkanes) is 2. The topological polar surface area (TPSA) is 9.23 Å². The van der Waals surface area contributed by atoms with E-state index in [2.05, 4.69) is 6.92 Å². The van der Waals surface area contributed by atoms with Crippen molar-refractivity contribution in [2.24, 2.45) is 11.8 Å². The predicted octanol–water partition coefficient (Wildman–Crippen LogP) is 7.83. The van der Waals surface area contributed by atoms with E-state index in [1.165, 1.54) is 76.2 Å². The summed E-state index contributed by atoms with van der Waals surface area (Å²) in [5.41, 5.74) is 1.59. The zero-order valence-corrected chi connectivity index (χ0v) is 17.9. The van der Waals surface area contributed by atoms with Crippen molar-refractivity contribution in [2.45, 2.75) is 102 Å². The predicted molar refractivity (Wildman–Crippen MR) is 112 cm³/mol. The number of hydrogen-bond donors (Lipinski definition) is 0. The molecule has 2 saturated carbocycles. The molecule has 1 nitrogen and oxygen atoms in total. The van der Waals surface area contributed by atoms with Crippen molar-refractivity contribution in [2.75, 3.05) is 6.61 Å². The molecule has 0 spiro atoms. The van der Waals surface area contributed by atoms with Crippen molar-refractivity contribution < 1.29 is 17.9 Å². The minimum atomic E-state index is -4.13. The van der Waals surface area contributed by atoms with E-state index >= 15 is 0 Å². The van der Waals surface area contributed by atoms with E-state index < -0.39 is 12.6 Å². The molecule has 2 aliphatic carbocycles. The summed E-state index contributed by atoms with van der Waals surface area (Å²) in [7, 11) is 0. The Kier molecular flexibility index (Phi) is 8.46. The molecule has 0 aromatic heterocycles. The Balaban J connectivity index is 1.38. The Morgan fingerprint density at radius 1 is 0.828 bits per heavy atom. The van der Waals surface area contributed by atoms with E-state index in [0.717, 1.165) is 18.4 Å². The van der Waals surface area contributed by atoms with E-state index in [0.29, 0.717) is 17.6 Å². The van der Waals surface area contributed by atoms with Crippen molar-refractivity contribution in [3.63, 3.8) is 0 Å². The maximum absolute atomic E-state index is 12.5. The number of alkyl halides is 3. The van der Waals surface area contributed by atoms with E-state index in [-0.39, 0.29) is 0 Å². The van der Waals surface area contributed by atoms with Crippen LogP contribution in [0.5, 0.6) is 0 Å². The molecule has 0 radical (unpaired) electrons. The minimum absolute atomic E-state index is 0.364. The third kappa shape index (κ3) is 7.31. The summed E-state index contributed by atoms with van der Waals surface area (Å²) in [6.45, 7) is 3.15. The van der Waals surface area contributed by atoms with Gasteiger partial charge in [0.25, 0.3) is 0 Å². The molecule has 1 aromatic rings. The second-order valence-electron chi connectivity index (χ2n) is 9.26. The number of ether oxygens (including phenoxy) is 1. The molecule has 0 amide bonds. The number of benzene rings is 1. The second kappa shape index (κ2) is 10.8. The molecule has 2 aliphatic rings. The van der Waals surface area contributed by atoms with Gasteiger partial charge in [-0.05, 0) is 86.7 Å². The van der Waals surface area contributed by atoms with Gasteiger partial charge < -0.3 is 4.74 Å². The van der Waals surface area contributed by atoms with Crippen LogP contribution in [0.3, 0.4) is 0 Å². The fraction of sp³-hybridized carbons (Fsp3) is 0.760. The molecule has 0 N–H and O–H groups in total. The van der Waals surface area contributed by atoms with Crippen molar-refractivity contribution in [1.82, 2.24) is 0 Å². The quantitative estimate of drug-likeness (QED) is 0.397. The van der Waals surface area contributed by atoms with Crippen LogP contribution in [-0.2, 0) is 11.2 Å². The average molecular weight is 411 g/mol. The van der Waals surface area contributed by atoms with Gasteiger partial charge in [-0.25, -0.2) is 0 Å². The van der Waals surface area contributed by atoms with Gasteiger partial charge in [0.1, 0.15) is 0 Å². The number of halogens is 3. The summed E-state index contributed by atoms with van der Waals surface area (Å²) in [5, 5.41) is 0. The summed E-state index contributed by atoms with van der Waals surface area (Å²) in [5.74, 6) is 2.20. The fourth-order valence-corrected chi connectivity index (χ4v) is 5.39. The van der Waals surface area contributed by atoms with Crippen molar-refractivity contribution in [3.8, 4) is 0 Å². The highest BCUT2D eigenvalue weighted by Crippen LogP contribution is 2.43. The lowest BCUT2D eigenvalue weighted by atomic mass is 9.69. The zero-order valence-electron chi connectivity index (χ0n) is 17.9. The van der Waals surface area contributed by atoms with Gasteiger partial charge in [-0.3, -0.25) is 0 Å². The molecule has 29 heavy (non-hydrogen) atoms. The highest BCUT2D eigenvalue weighted by Gasteiger charge is 2.32. The third-order valence-electron chi connectivity index (χ3n) is 7.11. The van der Waals surface area contributed by atoms with Gasteiger partial charge in [-0.2, -0.15) is 13.2 Å². The van der Waals surface area contributed by atoms with Gasteiger partial charge in [0.05, 0.1) is 12.5 Å². The van der Waals surface area contributed by atoms with E-state index in [1.807, 2.05) is 12.1 Å². The normalized spacial score (nSPS) is 28.4. The molecule has 0 saturated heterocycles. The first-order valence-corrected chi connectivity index (χ1v) is 11.7. The fourth-order valence-electron chi connectivity index (χ4n) is 5.39. The maximum atomic E-state index is 12.5. The minimum Gasteiger partial charge on any atom is -0.378 e. The van der Waals surface area contributed by atoms with Crippen LogP contribution >= 0.6 is 0 Å². The second-order valence-corrected chi connectivity index (χ2v) is 9.26. The first-order valence-electron chi connectivity index (χ1n) is 11.7. The summed E-state index contributed by atoms with van der Waals surface area (Å²) in [4.78, 5) is 0. The molecule has 1 aromatic carbocycles. The van der Waals surface area contributed by atoms with Crippen LogP contribution in [0.4, 0.5) is 13.2 Å². The van der Waals surface area contributed by atoms with Gasteiger partial charge in [0.15, 0.2) is 0 Å². The SMILES string of the molecule is CCCCCO[C@H]1CC[C@H]([C@H]2CC[C@H](c3ccc(CC(F)(F)F)cc3)CC2)CC1. The number of hydrogen-bond acceptors (Lipinski definition) is 1. The summed E-state index contributed by atoms with van der Waals surface area (Å²) >= 11 is 0. The van der Waals surface area contributed by atoms with Gasteiger partial charge in [0, 0.05) is 6.61 Å². The van der Waals surface area contributed by atoms with Crippen LogP contribution in [0.1, 0.15) is 94.6 Å². The van der Waals surface area contributed by atoms with Crippen LogP contribution in [0.25, 0.3) is 0 Å². The van der Waals surface area contributed by atoms with Crippen LogP contribution in [-0.4, -0.2) is 18.9 Å². The molecule has 0 atom stereocenters. The number of rotatable bonds is 8. The Labute approximate surface area is 174 Å². The standard InChI is InChI=1S/C25H37F3O/c1-2-3-4-17-29-24-15-13-23(14-16-24)22-11-9-21(10-12-22)20-7-5-19(6-8-20)18-25(26,27)28/h5-8,21-24H,2-4,9-18H2,1H3/t21-,22-,23-,24-. The molecule has 3 rings (SSSR count). The smallest absolute Gasteiger partial charge is 0.378 e. The van der Waals surface area contributed by atoms with Gasteiger partial charge in [-0.15, -0.1) is 0 Å². The lowest BCUT2D eigenvalue weighted by molar-refractivity contribution is -0.127. The van der Waals surface area contributed by atoms with Gasteiger partial charge in [-0.1, -0.05) is 44.0 Å². The summed E-state index contributed by atoms with van der Waals surface area (Å²) in [6, 6.07) is 7.17. The monoisotopic (exact) mass is 410 g/mol. The summed E-state index contributed by atoms with van der Waals surface area (Å²) < 4.78 is 43.6. The third-order valence-corrected chi connectivity index (χ3v) is 7.11. The first-order chi connectivity index (χ1) is 13.9. The first kappa shape index (κ1) is 22.7. The Morgan fingerprint density at radius 2 is 1.41 bits per heavy atom.